The molecule has 0 bridgehead atoms. The van der Waals surface area contributed by atoms with E-state index in [1.807, 2.05) is 6.07 Å². The minimum absolute atomic E-state index is 0.287. The van der Waals surface area contributed by atoms with E-state index in [1.54, 1.807) is 7.11 Å². The van der Waals surface area contributed by atoms with Gasteiger partial charge < -0.3 is 19.1 Å². The number of likely N-dealkylation sites (N-methyl/N-ethyl adjacent to an activating group) is 1. The van der Waals surface area contributed by atoms with E-state index in [0.29, 0.717) is 13.2 Å². The van der Waals surface area contributed by atoms with Crippen LogP contribution in [0.4, 0.5) is 0 Å². The predicted octanol–water partition coefficient (Wildman–Crippen LogP) is 6.06. The molecule has 5 rings (SSSR count). The third kappa shape index (κ3) is 4.30. The summed E-state index contributed by atoms with van der Waals surface area (Å²) in [5, 5.41) is 0. The first kappa shape index (κ1) is 22.5. The van der Waals surface area contributed by atoms with Gasteiger partial charge in [0.25, 0.3) is 0 Å². The monoisotopic (exact) mass is 455 g/mol. The number of ether oxygens (including phenoxy) is 3. The Kier molecular flexibility index (Phi) is 6.59. The van der Waals surface area contributed by atoms with Crippen LogP contribution in [0.25, 0.3) is 11.1 Å². The van der Waals surface area contributed by atoms with Gasteiger partial charge >= 0.3 is 0 Å². The van der Waals surface area contributed by atoms with Crippen LogP contribution < -0.4 is 14.2 Å². The SMILES string of the molecule is CCN(CC)CCOc1ccc(CC2C3=C(COc4ccccc43)c3cc(OC)ccc32)cc1. The average Bonchev–Trinajstić information content (AvgIpc) is 3.20. The normalized spacial score (nSPS) is 16.1. The summed E-state index contributed by atoms with van der Waals surface area (Å²) in [7, 11) is 1.72. The molecule has 1 aliphatic carbocycles. The maximum atomic E-state index is 6.13. The van der Waals surface area contributed by atoms with Crippen LogP contribution in [0.5, 0.6) is 17.2 Å². The lowest BCUT2D eigenvalue weighted by molar-refractivity contribution is 0.223. The van der Waals surface area contributed by atoms with Gasteiger partial charge in [0, 0.05) is 23.6 Å². The van der Waals surface area contributed by atoms with Crippen molar-refractivity contribution < 1.29 is 14.2 Å². The van der Waals surface area contributed by atoms with Crippen molar-refractivity contribution in [3.8, 4) is 17.2 Å². The molecular weight excluding hydrogens is 422 g/mol. The summed E-state index contributed by atoms with van der Waals surface area (Å²) < 4.78 is 17.7. The summed E-state index contributed by atoms with van der Waals surface area (Å²) in [5.74, 6) is 3.08. The number of rotatable bonds is 9. The lowest BCUT2D eigenvalue weighted by Gasteiger charge is -2.24. The van der Waals surface area contributed by atoms with E-state index in [2.05, 4.69) is 79.4 Å². The molecule has 0 saturated heterocycles. The van der Waals surface area contributed by atoms with Crippen LogP contribution in [-0.4, -0.2) is 44.9 Å². The third-order valence-corrected chi connectivity index (χ3v) is 7.12. The van der Waals surface area contributed by atoms with E-state index < -0.39 is 0 Å². The Morgan fingerprint density at radius 2 is 1.68 bits per heavy atom. The summed E-state index contributed by atoms with van der Waals surface area (Å²) >= 11 is 0. The summed E-state index contributed by atoms with van der Waals surface area (Å²) in [5.41, 5.74) is 7.80. The lowest BCUT2D eigenvalue weighted by atomic mass is 9.85. The molecule has 1 unspecified atom stereocenters. The Morgan fingerprint density at radius 1 is 0.912 bits per heavy atom. The van der Waals surface area contributed by atoms with Gasteiger partial charge in [-0.3, -0.25) is 0 Å². The molecule has 34 heavy (non-hydrogen) atoms. The summed E-state index contributed by atoms with van der Waals surface area (Å²) in [6, 6.07) is 23.5. The smallest absolute Gasteiger partial charge is 0.127 e. The minimum Gasteiger partial charge on any atom is -0.497 e. The summed E-state index contributed by atoms with van der Waals surface area (Å²) in [4.78, 5) is 2.37. The number of allylic oxidation sites excluding steroid dienone is 1. The summed E-state index contributed by atoms with van der Waals surface area (Å²) in [6.45, 7) is 8.75. The van der Waals surface area contributed by atoms with E-state index in [9.17, 15) is 0 Å². The van der Waals surface area contributed by atoms with Crippen LogP contribution >= 0.6 is 0 Å². The van der Waals surface area contributed by atoms with Crippen LogP contribution in [0.15, 0.2) is 66.7 Å². The number of benzene rings is 3. The molecule has 0 saturated carbocycles. The molecule has 4 heteroatoms. The van der Waals surface area contributed by atoms with Crippen LogP contribution in [0.3, 0.4) is 0 Å². The first-order chi connectivity index (χ1) is 16.7. The summed E-state index contributed by atoms with van der Waals surface area (Å²) in [6.07, 6.45) is 0.937. The zero-order valence-corrected chi connectivity index (χ0v) is 20.3. The van der Waals surface area contributed by atoms with Gasteiger partial charge in [-0.1, -0.05) is 50.2 Å². The molecule has 2 aliphatic rings. The van der Waals surface area contributed by atoms with Crippen molar-refractivity contribution in [3.63, 3.8) is 0 Å². The van der Waals surface area contributed by atoms with Gasteiger partial charge in [-0.05, 0) is 72.1 Å². The van der Waals surface area contributed by atoms with Crippen LogP contribution in [-0.2, 0) is 6.42 Å². The number of para-hydroxylation sites is 1. The second-order valence-electron chi connectivity index (χ2n) is 8.91. The van der Waals surface area contributed by atoms with E-state index in [-0.39, 0.29) is 5.92 Å². The largest absolute Gasteiger partial charge is 0.497 e. The molecule has 0 aromatic heterocycles. The van der Waals surface area contributed by atoms with Crippen LogP contribution in [0, 0.1) is 0 Å². The molecule has 0 amide bonds. The van der Waals surface area contributed by atoms with Crippen molar-refractivity contribution >= 4 is 11.1 Å². The van der Waals surface area contributed by atoms with Crippen LogP contribution in [0.1, 0.15) is 42.0 Å². The number of fused-ring (bicyclic) bond motifs is 4. The molecule has 0 radical (unpaired) electrons. The Morgan fingerprint density at radius 3 is 2.44 bits per heavy atom. The van der Waals surface area contributed by atoms with E-state index in [4.69, 9.17) is 14.2 Å². The number of hydrogen-bond acceptors (Lipinski definition) is 4. The van der Waals surface area contributed by atoms with Crippen molar-refractivity contribution in [1.82, 2.24) is 4.90 Å². The Balaban J connectivity index is 1.39. The molecule has 0 spiro atoms. The fourth-order valence-electron chi connectivity index (χ4n) is 5.21. The zero-order valence-electron chi connectivity index (χ0n) is 20.3. The predicted molar refractivity (Wildman–Crippen MR) is 138 cm³/mol. The highest BCUT2D eigenvalue weighted by atomic mass is 16.5. The third-order valence-electron chi connectivity index (χ3n) is 7.12. The molecule has 0 fully saturated rings. The number of hydrogen-bond donors (Lipinski definition) is 0. The van der Waals surface area contributed by atoms with Gasteiger partial charge in [0.15, 0.2) is 0 Å². The van der Waals surface area contributed by atoms with Crippen molar-refractivity contribution in [2.24, 2.45) is 0 Å². The Labute approximate surface area is 202 Å². The minimum atomic E-state index is 0.287. The fourth-order valence-corrected chi connectivity index (χ4v) is 5.21. The molecule has 1 heterocycles. The molecule has 1 atom stereocenters. The van der Waals surface area contributed by atoms with Gasteiger partial charge in [-0.2, -0.15) is 0 Å². The molecule has 3 aromatic rings. The maximum absolute atomic E-state index is 6.13. The molecule has 3 aromatic carbocycles. The van der Waals surface area contributed by atoms with Crippen LogP contribution in [0.2, 0.25) is 0 Å². The lowest BCUT2D eigenvalue weighted by Crippen LogP contribution is -2.27. The molecule has 176 valence electrons. The van der Waals surface area contributed by atoms with Gasteiger partial charge in [-0.15, -0.1) is 0 Å². The quantitative estimate of drug-likeness (QED) is 0.392. The second-order valence-corrected chi connectivity index (χ2v) is 8.91. The van der Waals surface area contributed by atoms with Crippen molar-refractivity contribution in [2.75, 3.05) is 40.0 Å². The molecule has 1 aliphatic heterocycles. The van der Waals surface area contributed by atoms with Crippen molar-refractivity contribution in [2.45, 2.75) is 26.2 Å². The zero-order chi connectivity index (χ0) is 23.5. The van der Waals surface area contributed by atoms with Crippen molar-refractivity contribution in [1.29, 1.82) is 0 Å². The Bertz CT molecular complexity index is 1180. The van der Waals surface area contributed by atoms with Gasteiger partial charge in [0.2, 0.25) is 0 Å². The second kappa shape index (κ2) is 9.94. The highest BCUT2D eigenvalue weighted by Crippen LogP contribution is 2.53. The van der Waals surface area contributed by atoms with E-state index >= 15 is 0 Å². The fraction of sp³-hybridized carbons (Fsp3) is 0.333. The van der Waals surface area contributed by atoms with Gasteiger partial charge in [-0.25, -0.2) is 0 Å². The molecule has 4 nitrogen and oxygen atoms in total. The topological polar surface area (TPSA) is 30.9 Å². The number of nitrogens with zero attached hydrogens (tertiary/aromatic N) is 1. The highest BCUT2D eigenvalue weighted by molar-refractivity contribution is 6.02. The molecule has 0 N–H and O–H groups in total. The van der Waals surface area contributed by atoms with Crippen molar-refractivity contribution in [3.05, 3.63) is 89.0 Å². The standard InChI is InChI=1S/C30H33NO3/c1-4-31(5-2)16-17-33-22-12-10-21(11-13-22)18-27-24-15-14-23(32-3)19-26(24)28-20-34-29-9-7-6-8-25(29)30(27)28/h6-15,19,27H,4-5,16-18,20H2,1-3H3. The average molecular weight is 456 g/mol. The Hall–Kier alpha value is -3.24. The van der Waals surface area contributed by atoms with Gasteiger partial charge in [0.05, 0.1) is 7.11 Å². The maximum Gasteiger partial charge on any atom is 0.127 e. The van der Waals surface area contributed by atoms with Gasteiger partial charge in [0.1, 0.15) is 30.5 Å². The first-order valence-corrected chi connectivity index (χ1v) is 12.3. The van der Waals surface area contributed by atoms with E-state index in [1.165, 1.54) is 33.4 Å². The highest BCUT2D eigenvalue weighted by Gasteiger charge is 2.36. The van der Waals surface area contributed by atoms with E-state index in [0.717, 1.165) is 43.3 Å². The number of methoxy groups -OCH3 is 1. The first-order valence-electron chi connectivity index (χ1n) is 12.3. The molecular formula is C30H33NO3.